The highest BCUT2D eigenvalue weighted by molar-refractivity contribution is 5.90. The summed E-state index contributed by atoms with van der Waals surface area (Å²) in [6.07, 6.45) is -1.06. The molecule has 2 heterocycles. The zero-order valence-corrected chi connectivity index (χ0v) is 21.8. The Hall–Kier alpha value is -4.34. The minimum atomic E-state index is -1.15. The molecule has 0 spiro atoms. The molecule has 0 bridgehead atoms. The van der Waals surface area contributed by atoms with E-state index in [-0.39, 0.29) is 11.8 Å². The van der Waals surface area contributed by atoms with Crippen LogP contribution in [0.25, 0.3) is 22.4 Å². The SMILES string of the molecule is CC(C1c2ccccc2-c2ccccc21)C1(C)OC(C)(C)c2cc(-c3ccc(C#N)[nH]3)ccc2N1C(=O)O. The maximum Gasteiger partial charge on any atom is 0.414 e. The lowest BCUT2D eigenvalue weighted by atomic mass is 9.76. The van der Waals surface area contributed by atoms with Crippen LogP contribution in [-0.2, 0) is 10.3 Å². The van der Waals surface area contributed by atoms with Crippen LogP contribution >= 0.6 is 0 Å². The predicted molar refractivity (Wildman–Crippen MR) is 147 cm³/mol. The van der Waals surface area contributed by atoms with Crippen molar-refractivity contribution in [3.05, 3.63) is 101 Å². The van der Waals surface area contributed by atoms with Crippen LogP contribution in [0.3, 0.4) is 0 Å². The van der Waals surface area contributed by atoms with Gasteiger partial charge in [-0.3, -0.25) is 0 Å². The number of nitrogens with one attached hydrogen (secondary N) is 1. The fourth-order valence-corrected chi connectivity index (χ4v) is 6.50. The number of nitriles is 1. The van der Waals surface area contributed by atoms with Crippen molar-refractivity contribution >= 4 is 11.8 Å². The summed E-state index contributed by atoms with van der Waals surface area (Å²) in [5.74, 6) is -0.244. The highest BCUT2D eigenvalue weighted by Gasteiger charge is 2.55. The van der Waals surface area contributed by atoms with Crippen LogP contribution in [0.2, 0.25) is 0 Å². The Morgan fingerprint density at radius 1 is 1.00 bits per heavy atom. The van der Waals surface area contributed by atoms with Crippen LogP contribution in [0, 0.1) is 17.2 Å². The summed E-state index contributed by atoms with van der Waals surface area (Å²) >= 11 is 0. The van der Waals surface area contributed by atoms with Gasteiger partial charge in [-0.2, -0.15) is 5.26 Å². The molecule has 1 aliphatic carbocycles. The van der Waals surface area contributed by atoms with Crippen molar-refractivity contribution in [1.29, 1.82) is 5.26 Å². The molecule has 1 amide bonds. The number of carboxylic acid groups (broad SMARTS) is 1. The topological polar surface area (TPSA) is 89.4 Å². The monoisotopic (exact) mass is 503 g/mol. The molecule has 1 aliphatic heterocycles. The normalized spacial score (nSPS) is 20.2. The van der Waals surface area contributed by atoms with Crippen LogP contribution in [-0.4, -0.2) is 21.9 Å². The molecule has 0 radical (unpaired) electrons. The number of carbonyl (C=O) groups is 1. The number of H-pyrrole nitrogens is 1. The Bertz CT molecular complexity index is 1580. The summed E-state index contributed by atoms with van der Waals surface area (Å²) in [6, 6.07) is 28.2. The highest BCUT2D eigenvalue weighted by atomic mass is 16.6. The van der Waals surface area contributed by atoms with E-state index in [0.717, 1.165) is 16.8 Å². The van der Waals surface area contributed by atoms with Gasteiger partial charge in [0.2, 0.25) is 0 Å². The number of amides is 1. The van der Waals surface area contributed by atoms with Gasteiger partial charge in [-0.05, 0) is 72.9 Å². The molecule has 6 nitrogen and oxygen atoms in total. The van der Waals surface area contributed by atoms with E-state index < -0.39 is 17.4 Å². The second kappa shape index (κ2) is 8.34. The predicted octanol–water partition coefficient (Wildman–Crippen LogP) is 7.47. The maximum atomic E-state index is 13.0. The molecule has 2 atom stereocenters. The van der Waals surface area contributed by atoms with E-state index in [9.17, 15) is 15.2 Å². The fraction of sp³-hybridized carbons (Fsp3) is 0.250. The maximum absolute atomic E-state index is 13.0. The van der Waals surface area contributed by atoms with E-state index >= 15 is 0 Å². The number of hydrogen-bond acceptors (Lipinski definition) is 3. The van der Waals surface area contributed by atoms with Crippen LogP contribution in [0.15, 0.2) is 78.9 Å². The van der Waals surface area contributed by atoms with Gasteiger partial charge in [0.15, 0.2) is 5.72 Å². The van der Waals surface area contributed by atoms with Crippen LogP contribution in [0.5, 0.6) is 0 Å². The molecule has 38 heavy (non-hydrogen) atoms. The number of aromatic amines is 1. The molecular weight excluding hydrogens is 474 g/mol. The van der Waals surface area contributed by atoms with Gasteiger partial charge in [-0.25, -0.2) is 9.69 Å². The molecule has 3 aromatic carbocycles. The molecule has 1 aromatic heterocycles. The Morgan fingerprint density at radius 2 is 1.63 bits per heavy atom. The molecule has 6 rings (SSSR count). The van der Waals surface area contributed by atoms with Crippen molar-refractivity contribution in [2.45, 2.75) is 44.9 Å². The average Bonchev–Trinajstić information content (AvgIpc) is 3.50. The van der Waals surface area contributed by atoms with Crippen molar-refractivity contribution < 1.29 is 14.6 Å². The van der Waals surface area contributed by atoms with Gasteiger partial charge in [0.25, 0.3) is 0 Å². The summed E-state index contributed by atoms with van der Waals surface area (Å²) in [5, 5.41) is 19.8. The van der Waals surface area contributed by atoms with E-state index in [0.29, 0.717) is 11.4 Å². The molecule has 2 unspecified atom stereocenters. The number of ether oxygens (including phenoxy) is 1. The Kier molecular flexibility index (Phi) is 5.27. The van der Waals surface area contributed by atoms with E-state index in [2.05, 4.69) is 42.2 Å². The lowest BCUT2D eigenvalue weighted by Gasteiger charge is -2.54. The number of aromatic nitrogens is 1. The number of anilines is 1. The summed E-state index contributed by atoms with van der Waals surface area (Å²) in [6.45, 7) is 7.98. The largest absolute Gasteiger partial charge is 0.465 e. The van der Waals surface area contributed by atoms with E-state index in [1.54, 1.807) is 6.07 Å². The Labute approximate surface area is 222 Å². The van der Waals surface area contributed by atoms with Crippen molar-refractivity contribution in [3.63, 3.8) is 0 Å². The van der Waals surface area contributed by atoms with Crippen molar-refractivity contribution in [2.75, 3.05) is 4.90 Å². The standard InChI is InChI=1S/C32H29N3O3/c1-19(29-24-11-7-5-9-22(24)23-10-6-8-12-25(23)29)32(4)35(30(36)37)28-16-13-20(17-26(28)31(2,3)38-32)27-15-14-21(18-33)34-27/h5-17,19,29,34H,1-4H3,(H,36,37). The molecule has 0 fully saturated rings. The first kappa shape index (κ1) is 24.0. The molecule has 190 valence electrons. The number of benzene rings is 3. The first-order valence-corrected chi connectivity index (χ1v) is 12.8. The van der Waals surface area contributed by atoms with Gasteiger partial charge in [-0.1, -0.05) is 61.5 Å². The van der Waals surface area contributed by atoms with Crippen LogP contribution in [0.4, 0.5) is 10.5 Å². The minimum absolute atomic E-state index is 0.0332. The molecule has 4 aromatic rings. The number of nitrogens with zero attached hydrogens (tertiary/aromatic N) is 2. The number of fused-ring (bicyclic) bond motifs is 4. The quantitative estimate of drug-likeness (QED) is 0.303. The minimum Gasteiger partial charge on any atom is -0.465 e. The van der Waals surface area contributed by atoms with Gasteiger partial charge in [0, 0.05) is 23.1 Å². The second-order valence-electron chi connectivity index (χ2n) is 10.9. The van der Waals surface area contributed by atoms with Gasteiger partial charge in [-0.15, -0.1) is 0 Å². The van der Waals surface area contributed by atoms with Crippen LogP contribution in [0.1, 0.15) is 56.0 Å². The Morgan fingerprint density at radius 3 is 2.21 bits per heavy atom. The third-order valence-corrected chi connectivity index (χ3v) is 8.33. The summed E-state index contributed by atoms with van der Waals surface area (Å²) in [7, 11) is 0. The van der Waals surface area contributed by atoms with Gasteiger partial charge >= 0.3 is 6.09 Å². The van der Waals surface area contributed by atoms with Gasteiger partial charge in [0.1, 0.15) is 11.8 Å². The zero-order chi connectivity index (χ0) is 26.8. The summed E-state index contributed by atoms with van der Waals surface area (Å²) in [5.41, 5.74) is 6.35. The van der Waals surface area contributed by atoms with E-state index in [4.69, 9.17) is 4.74 Å². The molecule has 2 N–H and O–H groups in total. The number of rotatable bonds is 3. The fourth-order valence-electron chi connectivity index (χ4n) is 6.50. The molecule has 6 heteroatoms. The average molecular weight is 504 g/mol. The Balaban J connectivity index is 1.49. The van der Waals surface area contributed by atoms with Gasteiger partial charge < -0.3 is 14.8 Å². The lowest BCUT2D eigenvalue weighted by Crippen LogP contribution is -2.62. The van der Waals surface area contributed by atoms with Crippen LogP contribution < -0.4 is 4.90 Å². The zero-order valence-electron chi connectivity index (χ0n) is 21.8. The van der Waals surface area contributed by atoms with Crippen molar-refractivity contribution in [1.82, 2.24) is 4.98 Å². The van der Waals surface area contributed by atoms with Gasteiger partial charge in [0.05, 0.1) is 11.3 Å². The molecular formula is C32H29N3O3. The summed E-state index contributed by atoms with van der Waals surface area (Å²) < 4.78 is 6.87. The van der Waals surface area contributed by atoms with E-state index in [1.165, 1.54) is 27.2 Å². The summed E-state index contributed by atoms with van der Waals surface area (Å²) in [4.78, 5) is 17.5. The first-order chi connectivity index (χ1) is 18.2. The smallest absolute Gasteiger partial charge is 0.414 e. The van der Waals surface area contributed by atoms with Crippen molar-refractivity contribution in [3.8, 4) is 28.5 Å². The highest BCUT2D eigenvalue weighted by Crippen LogP contribution is 2.55. The van der Waals surface area contributed by atoms with E-state index in [1.807, 2.05) is 69.3 Å². The molecule has 2 aliphatic rings. The third kappa shape index (κ3) is 3.39. The third-order valence-electron chi connectivity index (χ3n) is 8.33. The lowest BCUT2D eigenvalue weighted by molar-refractivity contribution is -0.169. The number of hydrogen-bond donors (Lipinski definition) is 2. The first-order valence-electron chi connectivity index (χ1n) is 12.8. The molecule has 0 saturated carbocycles. The molecule has 0 saturated heterocycles. The van der Waals surface area contributed by atoms with Crippen molar-refractivity contribution in [2.24, 2.45) is 5.92 Å². The second-order valence-corrected chi connectivity index (χ2v) is 10.9.